The summed E-state index contributed by atoms with van der Waals surface area (Å²) >= 11 is 0. The van der Waals surface area contributed by atoms with Crippen molar-refractivity contribution in [2.45, 2.75) is 44.4 Å². The minimum Gasteiger partial charge on any atom is -0.330 e. The van der Waals surface area contributed by atoms with Crippen molar-refractivity contribution in [3.05, 3.63) is 29.8 Å². The van der Waals surface area contributed by atoms with Crippen molar-refractivity contribution in [3.8, 4) is 0 Å². The summed E-state index contributed by atoms with van der Waals surface area (Å²) in [6.45, 7) is 6.84. The van der Waals surface area contributed by atoms with Crippen molar-refractivity contribution < 1.29 is 8.42 Å². The van der Waals surface area contributed by atoms with Crippen molar-refractivity contribution >= 4 is 9.84 Å². The third kappa shape index (κ3) is 4.32. The first-order valence-corrected chi connectivity index (χ1v) is 8.60. The van der Waals surface area contributed by atoms with Crippen LogP contribution in [0.2, 0.25) is 0 Å². The molecule has 0 heterocycles. The lowest BCUT2D eigenvalue weighted by Gasteiger charge is -2.20. The van der Waals surface area contributed by atoms with Crippen LogP contribution in [-0.2, 0) is 9.84 Å². The topological polar surface area (TPSA) is 60.2 Å². The lowest BCUT2D eigenvalue weighted by Crippen LogP contribution is -2.13. The average Bonchev–Trinajstić information content (AvgIpc) is 2.38. The molecule has 3 nitrogen and oxygen atoms in total. The molecule has 0 fully saturated rings. The third-order valence-electron chi connectivity index (χ3n) is 3.69. The Bertz CT molecular complexity index is 497. The highest BCUT2D eigenvalue weighted by Crippen LogP contribution is 2.28. The van der Waals surface area contributed by atoms with Gasteiger partial charge in [0.05, 0.1) is 10.6 Å². The summed E-state index contributed by atoms with van der Waals surface area (Å²) in [7, 11) is -3.13. The van der Waals surface area contributed by atoms with Crippen molar-refractivity contribution in [3.63, 3.8) is 0 Å². The molecule has 0 saturated carbocycles. The second-order valence-electron chi connectivity index (χ2n) is 5.23. The van der Waals surface area contributed by atoms with E-state index in [0.29, 0.717) is 29.7 Å². The minimum absolute atomic E-state index is 0.211. The van der Waals surface area contributed by atoms with Crippen LogP contribution in [0, 0.1) is 5.92 Å². The van der Waals surface area contributed by atoms with E-state index in [-0.39, 0.29) is 5.75 Å². The Hall–Kier alpha value is -0.870. The molecule has 2 N–H and O–H groups in total. The van der Waals surface area contributed by atoms with E-state index in [1.54, 1.807) is 6.07 Å². The molecule has 2 unspecified atom stereocenters. The Morgan fingerprint density at radius 2 is 1.95 bits per heavy atom. The van der Waals surface area contributed by atoms with Crippen LogP contribution in [-0.4, -0.2) is 20.7 Å². The SMILES string of the molecule is CCCS(=O)(=O)c1cccc(C(C)C(C)CCN)c1. The van der Waals surface area contributed by atoms with Crippen LogP contribution in [0.5, 0.6) is 0 Å². The lowest BCUT2D eigenvalue weighted by molar-refractivity contribution is 0.459. The zero-order valence-electron chi connectivity index (χ0n) is 12.1. The van der Waals surface area contributed by atoms with E-state index < -0.39 is 9.84 Å². The van der Waals surface area contributed by atoms with Gasteiger partial charge in [0.2, 0.25) is 0 Å². The summed E-state index contributed by atoms with van der Waals surface area (Å²) in [5, 5.41) is 0. The normalized spacial score (nSPS) is 15.2. The maximum Gasteiger partial charge on any atom is 0.178 e. The van der Waals surface area contributed by atoms with Crippen LogP contribution in [0.15, 0.2) is 29.2 Å². The number of benzene rings is 1. The Kier molecular flexibility index (Phi) is 6.01. The van der Waals surface area contributed by atoms with Gasteiger partial charge in [-0.15, -0.1) is 0 Å². The quantitative estimate of drug-likeness (QED) is 0.837. The second-order valence-corrected chi connectivity index (χ2v) is 7.34. The fourth-order valence-electron chi connectivity index (χ4n) is 2.22. The van der Waals surface area contributed by atoms with E-state index in [2.05, 4.69) is 13.8 Å². The second kappa shape index (κ2) is 7.06. The standard InChI is InChI=1S/C15H25NO2S/c1-4-10-19(17,18)15-7-5-6-14(11-15)13(3)12(2)8-9-16/h5-7,11-13H,4,8-10,16H2,1-3H3. The maximum absolute atomic E-state index is 12.1. The Balaban J connectivity index is 3.00. The Morgan fingerprint density at radius 1 is 1.26 bits per heavy atom. The number of nitrogens with two attached hydrogens (primary N) is 1. The first-order valence-electron chi connectivity index (χ1n) is 6.95. The molecule has 4 heteroatoms. The molecular formula is C15H25NO2S. The predicted octanol–water partition coefficient (Wildman–Crippen LogP) is 2.96. The van der Waals surface area contributed by atoms with Crippen molar-refractivity contribution in [1.29, 1.82) is 0 Å². The highest BCUT2D eigenvalue weighted by molar-refractivity contribution is 7.91. The van der Waals surface area contributed by atoms with Gasteiger partial charge < -0.3 is 5.73 Å². The molecule has 0 aliphatic rings. The van der Waals surface area contributed by atoms with Crippen LogP contribution >= 0.6 is 0 Å². The van der Waals surface area contributed by atoms with E-state index >= 15 is 0 Å². The molecule has 1 aromatic carbocycles. The van der Waals surface area contributed by atoms with Gasteiger partial charge in [0.1, 0.15) is 0 Å². The molecule has 0 aliphatic heterocycles. The molecule has 0 saturated heterocycles. The van der Waals surface area contributed by atoms with Crippen LogP contribution in [0.4, 0.5) is 0 Å². The van der Waals surface area contributed by atoms with E-state index in [4.69, 9.17) is 5.73 Å². The van der Waals surface area contributed by atoms with Gasteiger partial charge in [-0.2, -0.15) is 0 Å². The molecule has 0 aromatic heterocycles. The summed E-state index contributed by atoms with van der Waals surface area (Å²) < 4.78 is 24.2. The molecule has 108 valence electrons. The number of sulfone groups is 1. The lowest BCUT2D eigenvalue weighted by atomic mass is 9.87. The summed E-state index contributed by atoms with van der Waals surface area (Å²) in [5.41, 5.74) is 6.67. The minimum atomic E-state index is -3.13. The first-order chi connectivity index (χ1) is 8.92. The van der Waals surface area contributed by atoms with E-state index in [9.17, 15) is 8.42 Å². The fourth-order valence-corrected chi connectivity index (χ4v) is 3.59. The smallest absolute Gasteiger partial charge is 0.178 e. The molecule has 0 radical (unpaired) electrons. The zero-order valence-corrected chi connectivity index (χ0v) is 12.9. The molecule has 1 rings (SSSR count). The van der Waals surface area contributed by atoms with Gasteiger partial charge in [0.25, 0.3) is 0 Å². The number of hydrogen-bond acceptors (Lipinski definition) is 3. The van der Waals surface area contributed by atoms with Gasteiger partial charge >= 0.3 is 0 Å². The van der Waals surface area contributed by atoms with Crippen LogP contribution < -0.4 is 5.73 Å². The molecule has 0 bridgehead atoms. The molecule has 1 aromatic rings. The summed E-state index contributed by atoms with van der Waals surface area (Å²) in [5.74, 6) is 0.984. The van der Waals surface area contributed by atoms with Crippen molar-refractivity contribution in [1.82, 2.24) is 0 Å². The van der Waals surface area contributed by atoms with Crippen molar-refractivity contribution in [2.24, 2.45) is 11.7 Å². The molecule has 0 aliphatic carbocycles. The Labute approximate surface area is 117 Å². The molecule has 0 spiro atoms. The number of rotatable bonds is 7. The van der Waals surface area contributed by atoms with Gasteiger partial charge in [-0.1, -0.05) is 32.9 Å². The van der Waals surface area contributed by atoms with Gasteiger partial charge in [0, 0.05) is 0 Å². The summed E-state index contributed by atoms with van der Waals surface area (Å²) in [6.07, 6.45) is 1.60. The largest absolute Gasteiger partial charge is 0.330 e. The van der Waals surface area contributed by atoms with E-state index in [1.165, 1.54) is 0 Å². The third-order valence-corrected chi connectivity index (χ3v) is 5.61. The highest BCUT2D eigenvalue weighted by Gasteiger charge is 2.17. The van der Waals surface area contributed by atoms with E-state index in [1.807, 2.05) is 25.1 Å². The summed E-state index contributed by atoms with van der Waals surface area (Å²) in [4.78, 5) is 0.443. The van der Waals surface area contributed by atoms with Crippen LogP contribution in [0.1, 0.15) is 45.1 Å². The monoisotopic (exact) mass is 283 g/mol. The molecular weight excluding hydrogens is 258 g/mol. The molecule has 19 heavy (non-hydrogen) atoms. The van der Waals surface area contributed by atoms with Gasteiger partial charge in [-0.05, 0) is 48.9 Å². The van der Waals surface area contributed by atoms with Crippen LogP contribution in [0.25, 0.3) is 0 Å². The van der Waals surface area contributed by atoms with E-state index in [0.717, 1.165) is 12.0 Å². The predicted molar refractivity (Wildman–Crippen MR) is 80.0 cm³/mol. The fraction of sp³-hybridized carbons (Fsp3) is 0.600. The van der Waals surface area contributed by atoms with Gasteiger partial charge in [-0.25, -0.2) is 8.42 Å². The maximum atomic E-state index is 12.1. The highest BCUT2D eigenvalue weighted by atomic mass is 32.2. The average molecular weight is 283 g/mol. The molecule has 0 amide bonds. The molecule has 2 atom stereocenters. The zero-order chi connectivity index (χ0) is 14.5. The Morgan fingerprint density at radius 3 is 2.53 bits per heavy atom. The number of hydrogen-bond donors (Lipinski definition) is 1. The summed E-state index contributed by atoms with van der Waals surface area (Å²) in [6, 6.07) is 7.35. The first kappa shape index (κ1) is 16.2. The van der Waals surface area contributed by atoms with Gasteiger partial charge in [0.15, 0.2) is 9.84 Å². The van der Waals surface area contributed by atoms with Crippen LogP contribution in [0.3, 0.4) is 0 Å². The van der Waals surface area contributed by atoms with Crippen molar-refractivity contribution in [2.75, 3.05) is 12.3 Å². The van der Waals surface area contributed by atoms with Gasteiger partial charge in [-0.3, -0.25) is 0 Å².